The fourth-order valence-electron chi connectivity index (χ4n) is 3.84. The van der Waals surface area contributed by atoms with E-state index in [0.29, 0.717) is 40.6 Å². The molecule has 29 heavy (non-hydrogen) atoms. The summed E-state index contributed by atoms with van der Waals surface area (Å²) in [7, 11) is 1.99. The average molecular weight is 391 g/mol. The fourth-order valence-corrected chi connectivity index (χ4v) is 3.84. The molecule has 0 aromatic carbocycles. The van der Waals surface area contributed by atoms with E-state index in [0.717, 1.165) is 18.2 Å². The Labute approximate surface area is 169 Å². The van der Waals surface area contributed by atoms with Crippen LogP contribution in [0.2, 0.25) is 0 Å². The summed E-state index contributed by atoms with van der Waals surface area (Å²) in [5.74, 6) is 0.581. The average Bonchev–Trinajstić information content (AvgIpc) is 2.74. The van der Waals surface area contributed by atoms with E-state index in [4.69, 9.17) is 5.73 Å². The van der Waals surface area contributed by atoms with Crippen LogP contribution in [0.4, 0.5) is 17.3 Å². The molecule has 150 valence electrons. The number of likely N-dealkylation sites (N-methyl/N-ethyl adjacent to an activating group) is 1. The van der Waals surface area contributed by atoms with Crippen LogP contribution >= 0.6 is 0 Å². The first-order chi connectivity index (χ1) is 14.1. The van der Waals surface area contributed by atoms with Crippen LogP contribution in [0.15, 0.2) is 42.7 Å². The maximum atomic E-state index is 11.9. The molecule has 3 heterocycles. The summed E-state index contributed by atoms with van der Waals surface area (Å²) in [4.78, 5) is 25.1. The largest absolute Gasteiger partial charge is 0.366 e. The Morgan fingerprint density at radius 2 is 1.97 bits per heavy atom. The first kappa shape index (κ1) is 19.1. The summed E-state index contributed by atoms with van der Waals surface area (Å²) in [6.45, 7) is 0. The van der Waals surface area contributed by atoms with E-state index >= 15 is 0 Å². The van der Waals surface area contributed by atoms with Gasteiger partial charge in [-0.15, -0.1) is 0 Å². The highest BCUT2D eigenvalue weighted by molar-refractivity contribution is 5.98. The molecule has 3 aromatic rings. The van der Waals surface area contributed by atoms with Gasteiger partial charge in [-0.05, 0) is 50.2 Å². The predicted octanol–water partition coefficient (Wildman–Crippen LogP) is 2.81. The third kappa shape index (κ3) is 4.27. The summed E-state index contributed by atoms with van der Waals surface area (Å²) in [5, 5.41) is 11.0. The van der Waals surface area contributed by atoms with Crippen LogP contribution in [0.3, 0.4) is 0 Å². The van der Waals surface area contributed by atoms with E-state index in [-0.39, 0.29) is 0 Å². The quantitative estimate of drug-likeness (QED) is 0.510. The molecule has 1 fully saturated rings. The number of pyridine rings is 3. The number of rotatable bonds is 6. The minimum atomic E-state index is -0.535. The van der Waals surface area contributed by atoms with Crippen molar-refractivity contribution in [3.8, 4) is 0 Å². The standard InChI is InChI=1S/C21H25N7O/c1-23-16-6-2-3-7-17(16)27-18-9-8-15(19(22)29)21(28-18)26-14-11-13-5-4-10-24-20(13)25-12-14/h4-5,8-12,16-17,23H,2-3,6-7H2,1H3,(H2,22,29)(H2,26,27,28)/t16-,17?/m0/s1. The van der Waals surface area contributed by atoms with E-state index < -0.39 is 5.91 Å². The lowest BCUT2D eigenvalue weighted by Gasteiger charge is -2.32. The van der Waals surface area contributed by atoms with Crippen molar-refractivity contribution in [3.05, 3.63) is 48.3 Å². The zero-order chi connectivity index (χ0) is 20.2. The molecule has 1 amide bonds. The molecule has 0 aliphatic heterocycles. The molecule has 1 saturated carbocycles. The van der Waals surface area contributed by atoms with Gasteiger partial charge in [0.1, 0.15) is 11.6 Å². The van der Waals surface area contributed by atoms with Gasteiger partial charge in [0.15, 0.2) is 5.65 Å². The molecule has 1 aliphatic rings. The van der Waals surface area contributed by atoms with Crippen molar-refractivity contribution in [1.82, 2.24) is 20.3 Å². The molecule has 0 saturated heterocycles. The van der Waals surface area contributed by atoms with Gasteiger partial charge in [-0.2, -0.15) is 0 Å². The highest BCUT2D eigenvalue weighted by Gasteiger charge is 2.24. The topological polar surface area (TPSA) is 118 Å². The summed E-state index contributed by atoms with van der Waals surface area (Å²) in [6.07, 6.45) is 8.00. The van der Waals surface area contributed by atoms with E-state index in [9.17, 15) is 4.79 Å². The van der Waals surface area contributed by atoms with Crippen LogP contribution in [-0.2, 0) is 0 Å². The Balaban J connectivity index is 1.61. The number of anilines is 3. The molecule has 8 nitrogen and oxygen atoms in total. The van der Waals surface area contributed by atoms with Crippen LogP contribution in [0.25, 0.3) is 11.0 Å². The molecule has 1 unspecified atom stereocenters. The van der Waals surface area contributed by atoms with E-state index in [1.54, 1.807) is 24.5 Å². The lowest BCUT2D eigenvalue weighted by molar-refractivity contribution is 0.100. The van der Waals surface area contributed by atoms with Crippen molar-refractivity contribution < 1.29 is 4.79 Å². The third-order valence-electron chi connectivity index (χ3n) is 5.35. The number of hydrogen-bond acceptors (Lipinski definition) is 7. The zero-order valence-electron chi connectivity index (χ0n) is 16.4. The Morgan fingerprint density at radius 1 is 1.14 bits per heavy atom. The van der Waals surface area contributed by atoms with Crippen molar-refractivity contribution in [2.24, 2.45) is 5.73 Å². The molecule has 2 atom stereocenters. The van der Waals surface area contributed by atoms with Gasteiger partial charge >= 0.3 is 0 Å². The highest BCUT2D eigenvalue weighted by atomic mass is 16.1. The minimum absolute atomic E-state index is 0.293. The number of fused-ring (bicyclic) bond motifs is 1. The first-order valence-corrected chi connectivity index (χ1v) is 9.86. The molecule has 5 N–H and O–H groups in total. The molecule has 1 aliphatic carbocycles. The van der Waals surface area contributed by atoms with Gasteiger partial charge < -0.3 is 21.7 Å². The summed E-state index contributed by atoms with van der Waals surface area (Å²) in [5.41, 5.74) is 7.26. The van der Waals surface area contributed by atoms with Crippen LogP contribution in [0.5, 0.6) is 0 Å². The molecular weight excluding hydrogens is 366 g/mol. The van der Waals surface area contributed by atoms with Crippen molar-refractivity contribution in [2.75, 3.05) is 17.7 Å². The zero-order valence-corrected chi connectivity index (χ0v) is 16.4. The molecule has 0 bridgehead atoms. The van der Waals surface area contributed by atoms with Crippen molar-refractivity contribution in [1.29, 1.82) is 0 Å². The van der Waals surface area contributed by atoms with Crippen molar-refractivity contribution in [3.63, 3.8) is 0 Å². The van der Waals surface area contributed by atoms with Gasteiger partial charge in [-0.1, -0.05) is 12.8 Å². The monoisotopic (exact) mass is 391 g/mol. The normalized spacial score (nSPS) is 19.1. The Kier molecular flexibility index (Phi) is 5.53. The third-order valence-corrected chi connectivity index (χ3v) is 5.35. The lowest BCUT2D eigenvalue weighted by atomic mass is 9.90. The van der Waals surface area contributed by atoms with Gasteiger partial charge in [0.25, 0.3) is 5.91 Å². The number of carbonyl (C=O) groups excluding carboxylic acids is 1. The van der Waals surface area contributed by atoms with Crippen LogP contribution < -0.4 is 21.7 Å². The molecule has 3 aromatic heterocycles. The van der Waals surface area contributed by atoms with Crippen LogP contribution in [-0.4, -0.2) is 40.0 Å². The predicted molar refractivity (Wildman–Crippen MR) is 114 cm³/mol. The Hall–Kier alpha value is -3.26. The maximum Gasteiger partial charge on any atom is 0.252 e. The lowest BCUT2D eigenvalue weighted by Crippen LogP contribution is -2.44. The number of carbonyl (C=O) groups is 1. The molecule has 4 rings (SSSR count). The number of hydrogen-bond donors (Lipinski definition) is 4. The van der Waals surface area contributed by atoms with Gasteiger partial charge in [-0.3, -0.25) is 4.79 Å². The second-order valence-corrected chi connectivity index (χ2v) is 7.29. The number of nitrogens with zero attached hydrogens (tertiary/aromatic N) is 3. The number of aromatic nitrogens is 3. The second-order valence-electron chi connectivity index (χ2n) is 7.29. The smallest absolute Gasteiger partial charge is 0.252 e. The number of nitrogens with one attached hydrogen (secondary N) is 3. The molecular formula is C21H25N7O. The number of primary amides is 1. The van der Waals surface area contributed by atoms with Crippen LogP contribution in [0, 0.1) is 0 Å². The molecule has 0 spiro atoms. The van der Waals surface area contributed by atoms with E-state index in [2.05, 4.69) is 30.9 Å². The summed E-state index contributed by atoms with van der Waals surface area (Å²) < 4.78 is 0. The highest BCUT2D eigenvalue weighted by Crippen LogP contribution is 2.25. The van der Waals surface area contributed by atoms with Gasteiger partial charge in [0.2, 0.25) is 0 Å². The van der Waals surface area contributed by atoms with Crippen molar-refractivity contribution in [2.45, 2.75) is 37.8 Å². The van der Waals surface area contributed by atoms with Crippen molar-refractivity contribution >= 4 is 34.3 Å². The van der Waals surface area contributed by atoms with E-state index in [1.165, 1.54) is 12.8 Å². The Morgan fingerprint density at radius 3 is 2.76 bits per heavy atom. The number of nitrogens with two attached hydrogens (primary N) is 1. The SMILES string of the molecule is CN[C@H]1CCCCC1Nc1ccc(C(N)=O)c(Nc2cnc3ncccc3c2)n1. The molecule has 8 heteroatoms. The number of amides is 1. The van der Waals surface area contributed by atoms with Gasteiger partial charge in [0.05, 0.1) is 17.4 Å². The minimum Gasteiger partial charge on any atom is -0.366 e. The summed E-state index contributed by atoms with van der Waals surface area (Å²) >= 11 is 0. The first-order valence-electron chi connectivity index (χ1n) is 9.86. The fraction of sp³-hybridized carbons (Fsp3) is 0.333. The van der Waals surface area contributed by atoms with Crippen LogP contribution in [0.1, 0.15) is 36.0 Å². The van der Waals surface area contributed by atoms with Gasteiger partial charge in [-0.25, -0.2) is 15.0 Å². The van der Waals surface area contributed by atoms with E-state index in [1.807, 2.05) is 25.2 Å². The molecule has 0 radical (unpaired) electrons. The summed E-state index contributed by atoms with van der Waals surface area (Å²) in [6, 6.07) is 9.90. The maximum absolute atomic E-state index is 11.9. The second kappa shape index (κ2) is 8.40. The van der Waals surface area contributed by atoms with Gasteiger partial charge in [0, 0.05) is 23.7 Å². The Bertz CT molecular complexity index is 1020.